The summed E-state index contributed by atoms with van der Waals surface area (Å²) in [5, 5.41) is 7.51. The molecule has 1 heterocycles. The van der Waals surface area contributed by atoms with E-state index in [9.17, 15) is 0 Å². The molecule has 0 aromatic carbocycles. The Bertz CT molecular complexity index is 353. The molecule has 0 amide bonds. The van der Waals surface area contributed by atoms with E-state index in [1.54, 1.807) is 0 Å². The highest BCUT2D eigenvalue weighted by atomic mass is 16.5. The molecule has 0 unspecified atom stereocenters. The van der Waals surface area contributed by atoms with Gasteiger partial charge in [0, 0.05) is 17.9 Å². The maximum absolute atomic E-state index is 5.35. The zero-order valence-electron chi connectivity index (χ0n) is 11.1. The van der Waals surface area contributed by atoms with Gasteiger partial charge in [-0.25, -0.2) is 0 Å². The molecule has 0 bridgehead atoms. The van der Waals surface area contributed by atoms with Gasteiger partial charge in [-0.3, -0.25) is 0 Å². The molecule has 1 N–H and O–H groups in total. The number of nitrogens with one attached hydrogen (secondary N) is 1. The van der Waals surface area contributed by atoms with Crippen LogP contribution in [0.25, 0.3) is 0 Å². The summed E-state index contributed by atoms with van der Waals surface area (Å²) in [6.45, 7) is 4.17. The fourth-order valence-corrected chi connectivity index (χ4v) is 2.61. The third kappa shape index (κ3) is 2.86. The zero-order valence-corrected chi connectivity index (χ0v) is 11.1. The van der Waals surface area contributed by atoms with E-state index in [0.717, 1.165) is 18.1 Å². The lowest BCUT2D eigenvalue weighted by atomic mass is 9.79. The highest BCUT2D eigenvalue weighted by Gasteiger charge is 2.32. The summed E-state index contributed by atoms with van der Waals surface area (Å²) >= 11 is 0. The van der Waals surface area contributed by atoms with Crippen molar-refractivity contribution in [2.24, 2.45) is 0 Å². The molecule has 0 aliphatic heterocycles. The number of hydrogen-bond donors (Lipinski definition) is 1. The Hall–Kier alpha value is -0.900. The van der Waals surface area contributed by atoms with Crippen molar-refractivity contribution in [3.05, 3.63) is 11.7 Å². The van der Waals surface area contributed by atoms with Crippen molar-refractivity contribution in [1.29, 1.82) is 0 Å². The highest BCUT2D eigenvalue weighted by molar-refractivity contribution is 5.00. The second-order valence-corrected chi connectivity index (χ2v) is 5.47. The van der Waals surface area contributed by atoms with Crippen molar-refractivity contribution in [3.8, 4) is 0 Å². The summed E-state index contributed by atoms with van der Waals surface area (Å²) in [5.74, 6) is 1.94. The normalized spacial score (nSPS) is 19.8. The van der Waals surface area contributed by atoms with Gasteiger partial charge in [0.2, 0.25) is 5.89 Å². The molecule has 2 rings (SSSR count). The minimum atomic E-state index is 0.180. The molecular formula is C13H23N3O. The Kier molecular flexibility index (Phi) is 3.82. The largest absolute Gasteiger partial charge is 0.339 e. The minimum Gasteiger partial charge on any atom is -0.339 e. The molecule has 1 aromatic rings. The zero-order chi connectivity index (χ0) is 12.3. The van der Waals surface area contributed by atoms with Crippen LogP contribution in [-0.2, 0) is 6.42 Å². The maximum Gasteiger partial charge on any atom is 0.228 e. The maximum atomic E-state index is 5.35. The first-order valence-electron chi connectivity index (χ1n) is 6.67. The Balaban J connectivity index is 2.06. The van der Waals surface area contributed by atoms with Crippen LogP contribution in [-0.4, -0.2) is 22.7 Å². The molecule has 1 saturated carbocycles. The van der Waals surface area contributed by atoms with Crippen LogP contribution in [0.1, 0.15) is 63.6 Å². The summed E-state index contributed by atoms with van der Waals surface area (Å²) in [6.07, 6.45) is 7.23. The smallest absolute Gasteiger partial charge is 0.228 e. The van der Waals surface area contributed by atoms with E-state index < -0.39 is 0 Å². The number of hydrogen-bond acceptors (Lipinski definition) is 4. The molecule has 1 fully saturated rings. The lowest BCUT2D eigenvalue weighted by molar-refractivity contribution is 0.221. The molecule has 4 heteroatoms. The first kappa shape index (κ1) is 12.6. The highest BCUT2D eigenvalue weighted by Crippen LogP contribution is 2.30. The lowest BCUT2D eigenvalue weighted by Gasteiger charge is -2.36. The van der Waals surface area contributed by atoms with E-state index >= 15 is 0 Å². The van der Waals surface area contributed by atoms with Gasteiger partial charge in [0.15, 0.2) is 5.82 Å². The van der Waals surface area contributed by atoms with Gasteiger partial charge in [-0.2, -0.15) is 4.98 Å². The standard InChI is InChI=1S/C13H23N3O/c1-10(2)12-15-11(17-16-12)9-13(14-3)7-5-4-6-8-13/h10,14H,4-9H2,1-3H3. The number of nitrogens with zero attached hydrogens (tertiary/aromatic N) is 2. The van der Waals surface area contributed by atoms with Crippen molar-refractivity contribution < 1.29 is 4.52 Å². The van der Waals surface area contributed by atoms with Crippen LogP contribution < -0.4 is 5.32 Å². The van der Waals surface area contributed by atoms with Crippen molar-refractivity contribution in [2.75, 3.05) is 7.05 Å². The van der Waals surface area contributed by atoms with E-state index in [-0.39, 0.29) is 5.54 Å². The third-order valence-corrected chi connectivity index (χ3v) is 3.83. The van der Waals surface area contributed by atoms with Gasteiger partial charge >= 0.3 is 0 Å². The summed E-state index contributed by atoms with van der Waals surface area (Å²) in [5.41, 5.74) is 0.180. The van der Waals surface area contributed by atoms with Crippen LogP contribution in [0.2, 0.25) is 0 Å². The van der Waals surface area contributed by atoms with Crippen LogP contribution >= 0.6 is 0 Å². The summed E-state index contributed by atoms with van der Waals surface area (Å²) in [7, 11) is 2.05. The first-order chi connectivity index (χ1) is 8.15. The Morgan fingerprint density at radius 2 is 2.00 bits per heavy atom. The van der Waals surface area contributed by atoms with Gasteiger partial charge in [-0.1, -0.05) is 38.3 Å². The molecule has 0 spiro atoms. The average Bonchev–Trinajstić information content (AvgIpc) is 2.79. The van der Waals surface area contributed by atoms with Gasteiger partial charge in [0.1, 0.15) is 0 Å². The Labute approximate surface area is 103 Å². The Morgan fingerprint density at radius 1 is 1.29 bits per heavy atom. The van der Waals surface area contributed by atoms with Crippen LogP contribution in [0.5, 0.6) is 0 Å². The summed E-state index contributed by atoms with van der Waals surface area (Å²) in [6, 6.07) is 0. The van der Waals surface area contributed by atoms with E-state index in [4.69, 9.17) is 4.52 Å². The van der Waals surface area contributed by atoms with Gasteiger partial charge in [0.25, 0.3) is 0 Å². The fourth-order valence-electron chi connectivity index (χ4n) is 2.61. The SMILES string of the molecule is CNC1(Cc2nc(C(C)C)no2)CCCCC1. The summed E-state index contributed by atoms with van der Waals surface area (Å²) < 4.78 is 5.35. The molecule has 0 saturated heterocycles. The first-order valence-corrected chi connectivity index (χ1v) is 6.67. The molecule has 96 valence electrons. The number of rotatable bonds is 4. The van der Waals surface area contributed by atoms with Crippen LogP contribution in [0.4, 0.5) is 0 Å². The quantitative estimate of drug-likeness (QED) is 0.874. The number of likely N-dealkylation sites (N-methyl/N-ethyl adjacent to an activating group) is 1. The molecule has 4 nitrogen and oxygen atoms in total. The summed E-state index contributed by atoms with van der Waals surface area (Å²) in [4.78, 5) is 4.48. The van der Waals surface area contributed by atoms with E-state index in [0.29, 0.717) is 5.92 Å². The van der Waals surface area contributed by atoms with E-state index in [1.807, 2.05) is 7.05 Å². The van der Waals surface area contributed by atoms with Crippen LogP contribution in [0.15, 0.2) is 4.52 Å². The molecular weight excluding hydrogens is 214 g/mol. The average molecular weight is 237 g/mol. The van der Waals surface area contributed by atoms with Crippen molar-refractivity contribution >= 4 is 0 Å². The molecule has 0 atom stereocenters. The van der Waals surface area contributed by atoms with Gasteiger partial charge < -0.3 is 9.84 Å². The van der Waals surface area contributed by atoms with Gasteiger partial charge in [-0.05, 0) is 19.9 Å². The van der Waals surface area contributed by atoms with Crippen molar-refractivity contribution in [1.82, 2.24) is 15.5 Å². The molecule has 17 heavy (non-hydrogen) atoms. The second-order valence-electron chi connectivity index (χ2n) is 5.47. The predicted octanol–water partition coefficient (Wildman–Crippen LogP) is 2.66. The Morgan fingerprint density at radius 3 is 2.53 bits per heavy atom. The van der Waals surface area contributed by atoms with Gasteiger partial charge in [-0.15, -0.1) is 0 Å². The molecule has 1 aliphatic rings. The fraction of sp³-hybridized carbons (Fsp3) is 0.846. The molecule has 0 radical (unpaired) electrons. The van der Waals surface area contributed by atoms with Gasteiger partial charge in [0.05, 0.1) is 0 Å². The van der Waals surface area contributed by atoms with E-state index in [1.165, 1.54) is 32.1 Å². The minimum absolute atomic E-state index is 0.180. The van der Waals surface area contributed by atoms with Crippen LogP contribution in [0.3, 0.4) is 0 Å². The topological polar surface area (TPSA) is 51.0 Å². The van der Waals surface area contributed by atoms with Crippen LogP contribution in [0, 0.1) is 0 Å². The monoisotopic (exact) mass is 237 g/mol. The van der Waals surface area contributed by atoms with Crippen molar-refractivity contribution in [3.63, 3.8) is 0 Å². The lowest BCUT2D eigenvalue weighted by Crippen LogP contribution is -2.46. The predicted molar refractivity (Wildman–Crippen MR) is 67.0 cm³/mol. The third-order valence-electron chi connectivity index (χ3n) is 3.83. The molecule has 1 aromatic heterocycles. The second kappa shape index (κ2) is 5.17. The van der Waals surface area contributed by atoms with Crippen molar-refractivity contribution in [2.45, 2.75) is 63.8 Å². The number of aromatic nitrogens is 2. The molecule has 1 aliphatic carbocycles. The van der Waals surface area contributed by atoms with E-state index in [2.05, 4.69) is 29.3 Å².